The van der Waals surface area contributed by atoms with Gasteiger partial charge in [0.15, 0.2) is 5.82 Å². The van der Waals surface area contributed by atoms with Gasteiger partial charge in [-0.25, -0.2) is 22.5 Å². The number of hydrogen-bond acceptors (Lipinski definition) is 8. The van der Waals surface area contributed by atoms with Gasteiger partial charge < -0.3 is 19.5 Å². The number of nitrogens with zero attached hydrogens (tertiary/aromatic N) is 5. The van der Waals surface area contributed by atoms with E-state index in [0.717, 1.165) is 19.4 Å². The smallest absolute Gasteiger partial charge is 0.319 e. The number of aromatic hydroxyl groups is 1. The molecule has 0 radical (unpaired) electrons. The van der Waals surface area contributed by atoms with Crippen molar-refractivity contribution in [1.82, 2.24) is 19.9 Å². The van der Waals surface area contributed by atoms with E-state index in [4.69, 9.17) is 20.9 Å². The third-order valence-electron chi connectivity index (χ3n) is 9.94. The number of alkyl halides is 2. The van der Waals surface area contributed by atoms with Gasteiger partial charge in [-0.3, -0.25) is 4.90 Å². The minimum Gasteiger partial charge on any atom is -0.508 e. The number of anilines is 1. The lowest BCUT2D eigenvalue weighted by molar-refractivity contribution is 0.107. The number of phenols is 1. The molecule has 238 valence electrons. The van der Waals surface area contributed by atoms with E-state index in [1.807, 2.05) is 4.90 Å². The summed E-state index contributed by atoms with van der Waals surface area (Å²) >= 11 is 0. The first kappa shape index (κ1) is 29.2. The Balaban J connectivity index is 1.35. The predicted octanol–water partition coefficient (Wildman–Crippen LogP) is 5.77. The molecule has 0 unspecified atom stereocenters. The van der Waals surface area contributed by atoms with E-state index in [-0.39, 0.29) is 76.0 Å². The highest BCUT2D eigenvalue weighted by Gasteiger charge is 2.49. The molecule has 0 aliphatic carbocycles. The quantitative estimate of drug-likeness (QED) is 0.224. The lowest BCUT2D eigenvalue weighted by atomic mass is 9.95. The minimum atomic E-state index is -1.65. The van der Waals surface area contributed by atoms with Gasteiger partial charge in [0.2, 0.25) is 0 Å². The maximum atomic E-state index is 17.0. The number of halogens is 4. The first-order valence-electron chi connectivity index (χ1n) is 15.6. The number of aromatic nitrogens is 3. The topological polar surface area (TPSA) is 83.8 Å². The van der Waals surface area contributed by atoms with E-state index in [1.165, 1.54) is 24.3 Å². The van der Waals surface area contributed by atoms with Crippen LogP contribution in [0.3, 0.4) is 0 Å². The Labute approximate surface area is 262 Å². The molecule has 8 nitrogen and oxygen atoms in total. The summed E-state index contributed by atoms with van der Waals surface area (Å²) in [6, 6.07) is 4.67. The normalized spacial score (nSPS) is 26.1. The maximum Gasteiger partial charge on any atom is 0.319 e. The van der Waals surface area contributed by atoms with E-state index in [1.54, 1.807) is 0 Å². The molecule has 0 amide bonds. The van der Waals surface area contributed by atoms with Gasteiger partial charge in [0.1, 0.15) is 47.5 Å². The third-order valence-corrected chi connectivity index (χ3v) is 9.94. The van der Waals surface area contributed by atoms with Crippen molar-refractivity contribution < 1.29 is 32.1 Å². The van der Waals surface area contributed by atoms with Crippen LogP contribution >= 0.6 is 0 Å². The number of phenolic OH excluding ortho intramolecular Hbond substituents is 1. The van der Waals surface area contributed by atoms with Gasteiger partial charge in [0.05, 0.1) is 34.8 Å². The van der Waals surface area contributed by atoms with Gasteiger partial charge in [0, 0.05) is 43.5 Å². The Hall–Kier alpha value is -4.21. The second kappa shape index (κ2) is 11.0. The van der Waals surface area contributed by atoms with Gasteiger partial charge >= 0.3 is 6.01 Å². The zero-order valence-corrected chi connectivity index (χ0v) is 24.9. The summed E-state index contributed by atoms with van der Waals surface area (Å²) in [5, 5.41) is 11.2. The number of hydrogen-bond donors (Lipinski definition) is 1. The Bertz CT molecular complexity index is 1940. The van der Waals surface area contributed by atoms with E-state index in [9.17, 15) is 13.9 Å². The summed E-state index contributed by atoms with van der Waals surface area (Å²) in [6.45, 7) is 2.43. The summed E-state index contributed by atoms with van der Waals surface area (Å²) in [5.41, 5.74) is -1.29. The molecule has 2 aromatic heterocycles. The molecule has 6 heterocycles. The van der Waals surface area contributed by atoms with Gasteiger partial charge in [0.25, 0.3) is 0 Å². The van der Waals surface area contributed by atoms with Crippen molar-refractivity contribution >= 4 is 27.5 Å². The van der Waals surface area contributed by atoms with E-state index < -0.39 is 35.6 Å². The van der Waals surface area contributed by atoms with Crippen molar-refractivity contribution in [1.29, 1.82) is 0 Å². The Kier molecular flexibility index (Phi) is 6.95. The molecule has 4 aliphatic rings. The van der Waals surface area contributed by atoms with Crippen LogP contribution in [0.4, 0.5) is 23.4 Å². The molecule has 46 heavy (non-hydrogen) atoms. The summed E-state index contributed by atoms with van der Waals surface area (Å²) in [4.78, 5) is 17.7. The maximum absolute atomic E-state index is 17.0. The van der Waals surface area contributed by atoms with Crippen LogP contribution < -0.4 is 9.64 Å². The SMILES string of the molecule is C#Cc1c(F)ccc2cc(O)cc(-c3nc4c5c(nc(OC[C@@]67CCCN6C[C@H](F)C7)nc5c3F)N3CCCOC[C@@H]3C[C@@H]4F)c12. The Morgan fingerprint density at radius 1 is 1.11 bits per heavy atom. The average molecular weight is 634 g/mol. The highest BCUT2D eigenvalue weighted by molar-refractivity contribution is 6.03. The van der Waals surface area contributed by atoms with Crippen molar-refractivity contribution in [2.45, 2.75) is 56.0 Å². The number of pyridine rings is 1. The Morgan fingerprint density at radius 2 is 1.98 bits per heavy atom. The average Bonchev–Trinajstić information content (AvgIpc) is 3.42. The molecule has 3 fully saturated rings. The molecule has 4 aliphatic heterocycles. The zero-order valence-electron chi connectivity index (χ0n) is 24.9. The summed E-state index contributed by atoms with van der Waals surface area (Å²) in [5.74, 6) is 0.750. The molecule has 3 saturated heterocycles. The molecule has 0 saturated carbocycles. The molecular weight excluding hydrogens is 602 g/mol. The van der Waals surface area contributed by atoms with Crippen LogP contribution in [-0.4, -0.2) is 82.2 Å². The van der Waals surface area contributed by atoms with Gasteiger partial charge in [-0.1, -0.05) is 12.0 Å². The molecule has 12 heteroatoms. The monoisotopic (exact) mass is 633 g/mol. The van der Waals surface area contributed by atoms with Crippen molar-refractivity contribution in [3.63, 3.8) is 0 Å². The first-order chi connectivity index (χ1) is 22.3. The van der Waals surface area contributed by atoms with Crippen LogP contribution in [0.25, 0.3) is 32.9 Å². The van der Waals surface area contributed by atoms with Crippen LogP contribution in [0.5, 0.6) is 11.8 Å². The van der Waals surface area contributed by atoms with E-state index >= 15 is 8.78 Å². The van der Waals surface area contributed by atoms with Crippen molar-refractivity contribution in [3.8, 4) is 35.4 Å². The fourth-order valence-corrected chi connectivity index (χ4v) is 7.89. The molecule has 0 bridgehead atoms. The fourth-order valence-electron chi connectivity index (χ4n) is 7.89. The summed E-state index contributed by atoms with van der Waals surface area (Å²) < 4.78 is 74.7. The van der Waals surface area contributed by atoms with Crippen LogP contribution in [-0.2, 0) is 4.74 Å². The summed E-state index contributed by atoms with van der Waals surface area (Å²) in [6.07, 6.45) is 5.71. The zero-order chi connectivity index (χ0) is 31.7. The van der Waals surface area contributed by atoms with Gasteiger partial charge in [-0.2, -0.15) is 9.97 Å². The molecule has 4 atom stereocenters. The molecule has 0 spiro atoms. The van der Waals surface area contributed by atoms with Crippen LogP contribution in [0.1, 0.15) is 49.5 Å². The van der Waals surface area contributed by atoms with E-state index in [0.29, 0.717) is 37.9 Å². The lowest BCUT2D eigenvalue weighted by Gasteiger charge is -2.31. The van der Waals surface area contributed by atoms with E-state index in [2.05, 4.69) is 20.8 Å². The Morgan fingerprint density at radius 3 is 2.83 bits per heavy atom. The predicted molar refractivity (Wildman–Crippen MR) is 163 cm³/mol. The highest BCUT2D eigenvalue weighted by Crippen LogP contribution is 2.46. The van der Waals surface area contributed by atoms with Crippen molar-refractivity contribution in [3.05, 3.63) is 47.2 Å². The minimum absolute atomic E-state index is 0.000698. The molecular formula is C34H31F4N5O3. The van der Waals surface area contributed by atoms with Gasteiger partial charge in [-0.05, 0) is 49.4 Å². The molecule has 4 aromatic rings. The standard InChI is InChI=1S/C34H31F4N5O3/c1-2-22-24(36)6-5-18-11-21(44)13-23(26(18)22)29-28(38)31-27-30(39-29)25(37)12-20-16-45-10-4-9-43(20)32(27)41-33(40-31)46-17-34-7-3-8-42(34)15-19(35)14-34/h1,5-6,11,13,19-20,25,44H,3-4,7-10,12,14-17H2/t19-,20+,25+,34+/m1/s1. The number of terminal acetylenes is 1. The number of benzene rings is 2. The number of fused-ring (bicyclic) bond motifs is 4. The van der Waals surface area contributed by atoms with Crippen LogP contribution in [0.15, 0.2) is 24.3 Å². The third kappa shape index (κ3) is 4.54. The largest absolute Gasteiger partial charge is 0.508 e. The van der Waals surface area contributed by atoms with Gasteiger partial charge in [-0.15, -0.1) is 6.42 Å². The fraction of sp³-hybridized carbons (Fsp3) is 0.441. The summed E-state index contributed by atoms with van der Waals surface area (Å²) in [7, 11) is 0. The molecule has 1 N–H and O–H groups in total. The highest BCUT2D eigenvalue weighted by atomic mass is 19.1. The lowest BCUT2D eigenvalue weighted by Crippen LogP contribution is -2.43. The van der Waals surface area contributed by atoms with Crippen LogP contribution in [0.2, 0.25) is 0 Å². The second-order valence-electron chi connectivity index (χ2n) is 12.7. The van der Waals surface area contributed by atoms with Crippen LogP contribution in [0, 0.1) is 24.0 Å². The molecule has 8 rings (SSSR count). The first-order valence-corrected chi connectivity index (χ1v) is 15.6. The molecule has 2 aromatic carbocycles. The number of ether oxygens (including phenoxy) is 2. The van der Waals surface area contributed by atoms with Crippen molar-refractivity contribution in [2.24, 2.45) is 0 Å². The second-order valence-corrected chi connectivity index (χ2v) is 12.7. The van der Waals surface area contributed by atoms with Crippen molar-refractivity contribution in [2.75, 3.05) is 44.4 Å². The number of rotatable bonds is 4.